The van der Waals surface area contributed by atoms with E-state index in [1.807, 2.05) is 0 Å². The summed E-state index contributed by atoms with van der Waals surface area (Å²) in [4.78, 5) is 10.2. The third-order valence-corrected chi connectivity index (χ3v) is 1.11. The Morgan fingerprint density at radius 3 is 2.00 bits per heavy atom. The fraction of sp³-hybridized carbons (Fsp3) is 0.125. The van der Waals surface area contributed by atoms with Gasteiger partial charge in [0, 0.05) is 0 Å². The number of phenolic OH excluding ortho intramolecular Hbond substituents is 1. The largest absolute Gasteiger partial charge is 1.00 e. The number of carbonyl (C=O) groups is 1. The van der Waals surface area contributed by atoms with Crippen LogP contribution in [0.4, 0.5) is 0 Å². The number of phenols is 1. The van der Waals surface area contributed by atoms with E-state index >= 15 is 0 Å². The first-order valence-electron chi connectivity index (χ1n) is 2.72. The Morgan fingerprint density at radius 2 is 1.67 bits per heavy atom. The van der Waals surface area contributed by atoms with E-state index in [2.05, 4.69) is 0 Å². The van der Waals surface area contributed by atoms with Gasteiger partial charge in [0.05, 0.1) is 5.56 Å². The first-order chi connectivity index (χ1) is 4.70. The molecule has 4 heteroatoms. The Hall–Kier alpha value is -0.510. The molecule has 1 aromatic rings. The molecule has 0 saturated carbocycles. The van der Waals surface area contributed by atoms with E-state index in [0.717, 1.165) is 0 Å². The molecule has 12 heavy (non-hydrogen) atoms. The van der Waals surface area contributed by atoms with Gasteiger partial charge in [-0.2, -0.15) is 0 Å². The van der Waals surface area contributed by atoms with Gasteiger partial charge in [-0.3, -0.25) is 0 Å². The van der Waals surface area contributed by atoms with Crippen LogP contribution in [0.15, 0.2) is 24.3 Å². The molecule has 0 fully saturated rings. The van der Waals surface area contributed by atoms with Crippen LogP contribution in [0.5, 0.6) is 5.75 Å². The monoisotopic (exact) mass is 178 g/mol. The van der Waals surface area contributed by atoms with Gasteiger partial charge in [-0.05, 0) is 24.3 Å². The number of rotatable bonds is 1. The molecule has 0 aliphatic carbocycles. The Kier molecular flexibility index (Phi) is 7.09. The molecule has 62 valence electrons. The van der Waals surface area contributed by atoms with Crippen molar-refractivity contribution in [3.63, 3.8) is 0 Å². The van der Waals surface area contributed by atoms with Crippen LogP contribution in [0.2, 0.25) is 0 Å². The average Bonchev–Trinajstić information content (AvgIpc) is 1.88. The number of carboxylic acid groups (broad SMARTS) is 1. The molecule has 0 bridgehead atoms. The summed E-state index contributed by atoms with van der Waals surface area (Å²) in [7, 11) is 0. The Bertz CT molecular complexity index is 248. The van der Waals surface area contributed by atoms with E-state index in [4.69, 9.17) is 10.2 Å². The molecule has 1 rings (SSSR count). The maximum absolute atomic E-state index is 10.2. The van der Waals surface area contributed by atoms with E-state index in [1.165, 1.54) is 24.3 Å². The van der Waals surface area contributed by atoms with Crippen LogP contribution in [-0.4, -0.2) is 16.2 Å². The molecule has 0 heterocycles. The van der Waals surface area contributed by atoms with Gasteiger partial charge < -0.3 is 11.6 Å². The Balaban J connectivity index is -0.000000333. The summed E-state index contributed by atoms with van der Waals surface area (Å²) < 4.78 is 0. The van der Waals surface area contributed by atoms with Crippen LogP contribution in [0.1, 0.15) is 19.2 Å². The minimum Gasteiger partial charge on any atom is -1.00 e. The van der Waals surface area contributed by atoms with Gasteiger partial charge in [-0.15, -0.1) is 0 Å². The SMILES string of the molecule is C.O=C(O)c1ccc(O)cc1.[H-].[Na+]. The van der Waals surface area contributed by atoms with Crippen LogP contribution in [0.25, 0.3) is 0 Å². The number of hydrogen-bond donors (Lipinski definition) is 2. The van der Waals surface area contributed by atoms with Gasteiger partial charge in [-0.1, -0.05) is 7.43 Å². The zero-order valence-electron chi connectivity index (χ0n) is 7.11. The molecule has 3 nitrogen and oxygen atoms in total. The number of hydrogen-bond acceptors (Lipinski definition) is 2. The second-order valence-corrected chi connectivity index (χ2v) is 1.85. The van der Waals surface area contributed by atoms with Gasteiger partial charge >= 0.3 is 35.5 Å². The topological polar surface area (TPSA) is 57.5 Å². The van der Waals surface area contributed by atoms with Crippen molar-refractivity contribution in [2.75, 3.05) is 0 Å². The first kappa shape index (κ1) is 14.0. The molecule has 0 atom stereocenters. The van der Waals surface area contributed by atoms with Gasteiger partial charge in [0.25, 0.3) is 0 Å². The van der Waals surface area contributed by atoms with E-state index in [1.54, 1.807) is 0 Å². The quantitative estimate of drug-likeness (QED) is 0.533. The van der Waals surface area contributed by atoms with Gasteiger partial charge in [0.1, 0.15) is 5.75 Å². The van der Waals surface area contributed by atoms with Crippen LogP contribution < -0.4 is 29.6 Å². The van der Waals surface area contributed by atoms with Crippen LogP contribution >= 0.6 is 0 Å². The smallest absolute Gasteiger partial charge is 1.00 e. The fourth-order valence-electron chi connectivity index (χ4n) is 0.604. The molecule has 0 aromatic heterocycles. The summed E-state index contributed by atoms with van der Waals surface area (Å²) in [6.07, 6.45) is 0. The minimum atomic E-state index is -0.986. The molecule has 2 N–H and O–H groups in total. The number of benzene rings is 1. The molecule has 0 amide bonds. The average molecular weight is 178 g/mol. The molecule has 0 radical (unpaired) electrons. The molecule has 0 spiro atoms. The van der Waals surface area contributed by atoms with E-state index in [0.29, 0.717) is 0 Å². The number of aromatic hydroxyl groups is 1. The summed E-state index contributed by atoms with van der Waals surface area (Å²) in [6.45, 7) is 0. The molecular formula is C8H11NaO3. The van der Waals surface area contributed by atoms with Crippen molar-refractivity contribution >= 4 is 5.97 Å². The minimum absolute atomic E-state index is 0. The normalized spacial score (nSPS) is 7.67. The molecule has 0 saturated heterocycles. The van der Waals surface area contributed by atoms with Crippen LogP contribution in [0, 0.1) is 0 Å². The Labute approximate surface area is 94.8 Å². The second-order valence-electron chi connectivity index (χ2n) is 1.85. The van der Waals surface area contributed by atoms with E-state index in [-0.39, 0.29) is 49.7 Å². The van der Waals surface area contributed by atoms with Crippen molar-refractivity contribution in [1.82, 2.24) is 0 Å². The van der Waals surface area contributed by atoms with E-state index < -0.39 is 5.97 Å². The summed E-state index contributed by atoms with van der Waals surface area (Å²) in [5.41, 5.74) is 0.179. The zero-order chi connectivity index (χ0) is 7.56. The maximum Gasteiger partial charge on any atom is 1.00 e. The summed E-state index contributed by atoms with van der Waals surface area (Å²) >= 11 is 0. The van der Waals surface area contributed by atoms with Gasteiger partial charge in [0.2, 0.25) is 0 Å². The van der Waals surface area contributed by atoms with Crippen molar-refractivity contribution in [3.05, 3.63) is 29.8 Å². The number of aromatic carboxylic acids is 1. The predicted molar refractivity (Wildman–Crippen MR) is 42.9 cm³/mol. The summed E-state index contributed by atoms with van der Waals surface area (Å²) in [5, 5.41) is 17.1. The van der Waals surface area contributed by atoms with Crippen LogP contribution in [-0.2, 0) is 0 Å². The van der Waals surface area contributed by atoms with Crippen molar-refractivity contribution in [2.45, 2.75) is 7.43 Å². The predicted octanol–water partition coefficient (Wildman–Crippen LogP) is -1.16. The van der Waals surface area contributed by atoms with Crippen LogP contribution in [0.3, 0.4) is 0 Å². The third kappa shape index (κ3) is 3.76. The van der Waals surface area contributed by atoms with Gasteiger partial charge in [0.15, 0.2) is 0 Å². The standard InChI is InChI=1S/C7H6O3.CH4.Na.H/c8-6-3-1-5(2-4-6)7(9)10;;;/h1-4,8H,(H,9,10);1H4;;/q;;+1;-1. The van der Waals surface area contributed by atoms with Crippen molar-refractivity contribution in [3.8, 4) is 5.75 Å². The third-order valence-electron chi connectivity index (χ3n) is 1.11. The number of carboxylic acids is 1. The van der Waals surface area contributed by atoms with E-state index in [9.17, 15) is 4.79 Å². The fourth-order valence-corrected chi connectivity index (χ4v) is 0.604. The molecule has 1 aromatic carbocycles. The van der Waals surface area contributed by atoms with Crippen molar-refractivity contribution in [1.29, 1.82) is 0 Å². The first-order valence-corrected chi connectivity index (χ1v) is 2.72. The molecular weight excluding hydrogens is 167 g/mol. The molecule has 0 unspecified atom stereocenters. The molecule has 0 aliphatic heterocycles. The second kappa shape index (κ2) is 6.06. The summed E-state index contributed by atoms with van der Waals surface area (Å²) in [6, 6.07) is 5.36. The Morgan fingerprint density at radius 1 is 1.25 bits per heavy atom. The van der Waals surface area contributed by atoms with Gasteiger partial charge in [-0.25, -0.2) is 4.79 Å². The summed E-state index contributed by atoms with van der Waals surface area (Å²) in [5.74, 6) is -0.912. The van der Waals surface area contributed by atoms with Crippen molar-refractivity contribution < 1.29 is 46.0 Å². The van der Waals surface area contributed by atoms with Crippen molar-refractivity contribution in [2.24, 2.45) is 0 Å². The molecule has 0 aliphatic rings. The maximum atomic E-state index is 10.2. The zero-order valence-corrected chi connectivity index (χ0v) is 8.11.